The molecule has 4 fully saturated rings. The molecule has 29 heavy (non-hydrogen) atoms. The number of nitrogens with zero attached hydrogens (tertiary/aromatic N) is 2. The highest BCUT2D eigenvalue weighted by Crippen LogP contribution is 2.68. The highest BCUT2D eigenvalue weighted by atomic mass is 33.1. The van der Waals surface area contributed by atoms with E-state index in [-0.39, 0.29) is 11.8 Å². The molecule has 7 nitrogen and oxygen atoms in total. The maximum atomic E-state index is 13.9. The van der Waals surface area contributed by atoms with Gasteiger partial charge in [-0.3, -0.25) is 19.3 Å². The van der Waals surface area contributed by atoms with Crippen molar-refractivity contribution in [3.63, 3.8) is 0 Å². The van der Waals surface area contributed by atoms with Gasteiger partial charge in [0.1, 0.15) is 6.10 Å². The molecule has 2 amide bonds. The highest BCUT2D eigenvalue weighted by Gasteiger charge is 2.76. The molecule has 0 aliphatic carbocycles. The van der Waals surface area contributed by atoms with Gasteiger partial charge in [-0.25, -0.2) is 0 Å². The lowest BCUT2D eigenvalue weighted by atomic mass is 10.0. The van der Waals surface area contributed by atoms with E-state index < -0.39 is 27.9 Å². The molecule has 1 aromatic carbocycles. The zero-order chi connectivity index (χ0) is 20.0. The summed E-state index contributed by atoms with van der Waals surface area (Å²) in [4.78, 5) is 40.8. The lowest BCUT2D eigenvalue weighted by Gasteiger charge is -2.57. The molecule has 6 aliphatic heterocycles. The van der Waals surface area contributed by atoms with E-state index >= 15 is 0 Å². The average Bonchev–Trinajstić information content (AvgIpc) is 3.15. The van der Waals surface area contributed by atoms with Gasteiger partial charge in [-0.1, -0.05) is 39.8 Å². The zero-order valence-electron chi connectivity index (χ0n) is 15.4. The number of hydrogen-bond donors (Lipinski definition) is 0. The number of anilines is 1. The summed E-state index contributed by atoms with van der Waals surface area (Å²) in [5.41, 5.74) is 2.59. The van der Waals surface area contributed by atoms with Gasteiger partial charge in [-0.15, -0.1) is 0 Å². The summed E-state index contributed by atoms with van der Waals surface area (Å²) in [7, 11) is 2.91. The first-order chi connectivity index (χ1) is 14.0. The number of benzene rings is 1. The standard InChI is InChI=1S/C20H16N2O5S2/c1-11(23)27-15-6-7-26-10-13-9-20-17(24)21-14-5-3-2-4-12(14)8-19(21,28-29-20)18(25)22(20)16(13)15/h2-7,10,15-16H,8-9H2,1H3. The second-order valence-corrected chi connectivity index (χ2v) is 10.4. The number of piperazine rings is 1. The second-order valence-electron chi connectivity index (χ2n) is 7.71. The largest absolute Gasteiger partial charge is 0.473 e. The van der Waals surface area contributed by atoms with Crippen LogP contribution >= 0.6 is 21.6 Å². The van der Waals surface area contributed by atoms with E-state index in [2.05, 4.69) is 0 Å². The second kappa shape index (κ2) is 5.60. The number of ether oxygens (including phenoxy) is 2. The quantitative estimate of drug-likeness (QED) is 0.502. The molecule has 0 saturated carbocycles. The van der Waals surface area contributed by atoms with Crippen LogP contribution in [0.25, 0.3) is 0 Å². The van der Waals surface area contributed by atoms with Crippen LogP contribution in [-0.2, 0) is 30.3 Å². The summed E-state index contributed by atoms with van der Waals surface area (Å²) < 4.78 is 10.9. The van der Waals surface area contributed by atoms with Gasteiger partial charge < -0.3 is 14.4 Å². The Labute approximate surface area is 174 Å². The number of para-hydroxylation sites is 1. The van der Waals surface area contributed by atoms with Gasteiger partial charge >= 0.3 is 5.97 Å². The number of rotatable bonds is 1. The Balaban J connectivity index is 1.52. The topological polar surface area (TPSA) is 76.1 Å². The number of carbonyl (C=O) groups is 3. The van der Waals surface area contributed by atoms with Gasteiger partial charge in [-0.2, -0.15) is 0 Å². The van der Waals surface area contributed by atoms with Crippen molar-refractivity contribution in [2.45, 2.75) is 41.7 Å². The molecule has 6 heterocycles. The van der Waals surface area contributed by atoms with Crippen LogP contribution in [0.15, 0.2) is 48.4 Å². The van der Waals surface area contributed by atoms with Crippen LogP contribution in [0.5, 0.6) is 0 Å². The van der Waals surface area contributed by atoms with Gasteiger partial charge in [0.05, 0.1) is 18.6 Å². The molecule has 4 saturated heterocycles. The predicted molar refractivity (Wildman–Crippen MR) is 107 cm³/mol. The third kappa shape index (κ3) is 1.99. The molecule has 6 aliphatic rings. The monoisotopic (exact) mass is 428 g/mol. The van der Waals surface area contributed by atoms with Crippen molar-refractivity contribution in [2.24, 2.45) is 0 Å². The number of hydrogen-bond acceptors (Lipinski definition) is 7. The molecule has 2 bridgehead atoms. The Morgan fingerprint density at radius 3 is 2.79 bits per heavy atom. The van der Waals surface area contributed by atoms with Crippen LogP contribution in [0.1, 0.15) is 18.9 Å². The fraction of sp³-hybridized carbons (Fsp3) is 0.350. The number of fused-ring (bicyclic) bond motifs is 3. The van der Waals surface area contributed by atoms with Crippen LogP contribution in [0, 0.1) is 0 Å². The molecular formula is C20H16N2O5S2. The third-order valence-electron chi connectivity index (χ3n) is 6.10. The summed E-state index contributed by atoms with van der Waals surface area (Å²) >= 11 is 0. The molecule has 7 rings (SSSR count). The Morgan fingerprint density at radius 1 is 1.17 bits per heavy atom. The molecule has 2 spiro atoms. The summed E-state index contributed by atoms with van der Waals surface area (Å²) in [6.07, 6.45) is 4.77. The summed E-state index contributed by atoms with van der Waals surface area (Å²) in [5.74, 6) is -0.652. The van der Waals surface area contributed by atoms with Crippen LogP contribution in [-0.4, -0.2) is 44.6 Å². The van der Waals surface area contributed by atoms with Crippen LogP contribution in [0.4, 0.5) is 5.69 Å². The molecular weight excluding hydrogens is 412 g/mol. The minimum Gasteiger partial charge on any atom is -0.473 e. The first-order valence-electron chi connectivity index (χ1n) is 9.29. The fourth-order valence-corrected chi connectivity index (χ4v) is 8.66. The van der Waals surface area contributed by atoms with E-state index in [1.165, 1.54) is 34.8 Å². The maximum absolute atomic E-state index is 13.9. The minimum atomic E-state index is -1.07. The number of carbonyl (C=O) groups excluding carboxylic acids is 3. The molecule has 1 aromatic rings. The van der Waals surface area contributed by atoms with E-state index in [1.807, 2.05) is 24.3 Å². The SMILES string of the molecule is CC(=O)OC1C=COC=C2CC34SSC5(Cc6ccccc6N5C3=O)C(=O)N4C21. The summed E-state index contributed by atoms with van der Waals surface area (Å²) in [6.45, 7) is 1.33. The van der Waals surface area contributed by atoms with Gasteiger partial charge in [0, 0.05) is 25.5 Å². The van der Waals surface area contributed by atoms with Crippen LogP contribution in [0.3, 0.4) is 0 Å². The molecule has 9 heteroatoms. The van der Waals surface area contributed by atoms with Crippen molar-refractivity contribution >= 4 is 45.1 Å². The van der Waals surface area contributed by atoms with E-state index in [0.29, 0.717) is 12.8 Å². The highest BCUT2D eigenvalue weighted by molar-refractivity contribution is 8.78. The molecule has 4 unspecified atom stereocenters. The maximum Gasteiger partial charge on any atom is 0.303 e. The van der Waals surface area contributed by atoms with E-state index in [9.17, 15) is 14.4 Å². The van der Waals surface area contributed by atoms with Crippen LogP contribution in [0.2, 0.25) is 0 Å². The smallest absolute Gasteiger partial charge is 0.303 e. The normalized spacial score (nSPS) is 36.0. The first-order valence-corrected chi connectivity index (χ1v) is 11.4. The zero-order valence-corrected chi connectivity index (χ0v) is 17.0. The fourth-order valence-electron chi connectivity index (χ4n) is 5.01. The van der Waals surface area contributed by atoms with Crippen molar-refractivity contribution in [3.8, 4) is 0 Å². The van der Waals surface area contributed by atoms with E-state index in [0.717, 1.165) is 16.8 Å². The Kier molecular flexibility index (Phi) is 3.38. The Morgan fingerprint density at radius 2 is 1.97 bits per heavy atom. The Bertz CT molecular complexity index is 1060. The van der Waals surface area contributed by atoms with Crippen molar-refractivity contribution in [1.29, 1.82) is 0 Å². The molecule has 0 N–H and O–H groups in total. The van der Waals surface area contributed by atoms with Crippen molar-refractivity contribution in [2.75, 3.05) is 4.90 Å². The number of amides is 2. The Hall–Kier alpha value is -2.39. The molecule has 0 aromatic heterocycles. The van der Waals surface area contributed by atoms with Crippen molar-refractivity contribution < 1.29 is 23.9 Å². The van der Waals surface area contributed by atoms with Gasteiger partial charge in [-0.05, 0) is 23.3 Å². The average molecular weight is 428 g/mol. The lowest BCUT2D eigenvalue weighted by Crippen LogP contribution is -2.76. The number of esters is 1. The van der Waals surface area contributed by atoms with Crippen molar-refractivity contribution in [3.05, 3.63) is 54.0 Å². The van der Waals surface area contributed by atoms with Crippen molar-refractivity contribution in [1.82, 2.24) is 4.90 Å². The molecule has 0 radical (unpaired) electrons. The minimum absolute atomic E-state index is 0.0923. The van der Waals surface area contributed by atoms with E-state index in [1.54, 1.807) is 22.1 Å². The predicted octanol–water partition coefficient (Wildman–Crippen LogP) is 2.34. The van der Waals surface area contributed by atoms with E-state index in [4.69, 9.17) is 9.47 Å². The summed E-state index contributed by atoms with van der Waals surface area (Å²) in [6, 6.07) is 7.14. The molecule has 148 valence electrons. The van der Waals surface area contributed by atoms with Gasteiger partial charge in [0.25, 0.3) is 11.8 Å². The third-order valence-corrected chi connectivity index (χ3v) is 9.66. The van der Waals surface area contributed by atoms with Gasteiger partial charge in [0.2, 0.25) is 0 Å². The van der Waals surface area contributed by atoms with Gasteiger partial charge in [0.15, 0.2) is 9.74 Å². The molecule has 4 atom stereocenters. The van der Waals surface area contributed by atoms with Crippen LogP contribution < -0.4 is 4.90 Å². The first kappa shape index (κ1) is 17.5. The lowest BCUT2D eigenvalue weighted by molar-refractivity contribution is -0.155. The summed E-state index contributed by atoms with van der Waals surface area (Å²) in [5, 5.41) is 0.